The SMILES string of the molecule is Cc1cc(OC(C)C)ccc1CC1CCN(C2CCc3[nH]ncc3C2)C1=O. The predicted octanol–water partition coefficient (Wildman–Crippen LogP) is 3.45. The number of ether oxygens (including phenoxy) is 1. The minimum atomic E-state index is 0.103. The number of H-pyrrole nitrogens is 1. The number of aryl methyl sites for hydroxylation is 2. The third kappa shape index (κ3) is 3.73. The molecule has 2 aliphatic rings. The summed E-state index contributed by atoms with van der Waals surface area (Å²) in [5.74, 6) is 1.34. The Kier molecular flexibility index (Phi) is 4.94. The molecule has 2 heterocycles. The lowest BCUT2D eigenvalue weighted by molar-refractivity contribution is -0.133. The van der Waals surface area contributed by atoms with Crippen molar-refractivity contribution < 1.29 is 9.53 Å². The molecule has 5 heteroatoms. The van der Waals surface area contributed by atoms with Gasteiger partial charge in [-0.15, -0.1) is 0 Å². The van der Waals surface area contributed by atoms with Gasteiger partial charge in [-0.1, -0.05) is 6.07 Å². The highest BCUT2D eigenvalue weighted by atomic mass is 16.5. The second kappa shape index (κ2) is 7.37. The van der Waals surface area contributed by atoms with Gasteiger partial charge >= 0.3 is 0 Å². The molecule has 5 nitrogen and oxygen atoms in total. The molecule has 1 aliphatic carbocycles. The van der Waals surface area contributed by atoms with Crippen molar-refractivity contribution in [2.75, 3.05) is 6.54 Å². The lowest BCUT2D eigenvalue weighted by Crippen LogP contribution is -2.41. The second-order valence-electron chi connectivity index (χ2n) is 8.25. The molecule has 0 radical (unpaired) electrons. The molecule has 4 rings (SSSR count). The van der Waals surface area contributed by atoms with Crippen LogP contribution in [0.2, 0.25) is 0 Å². The number of carbonyl (C=O) groups is 1. The summed E-state index contributed by atoms with van der Waals surface area (Å²) in [6.07, 6.45) is 6.84. The lowest BCUT2D eigenvalue weighted by atomic mass is 9.92. The van der Waals surface area contributed by atoms with E-state index in [2.05, 4.69) is 34.2 Å². The van der Waals surface area contributed by atoms with Gasteiger partial charge in [-0.05, 0) is 81.7 Å². The zero-order chi connectivity index (χ0) is 19.0. The van der Waals surface area contributed by atoms with Gasteiger partial charge in [0.25, 0.3) is 0 Å². The van der Waals surface area contributed by atoms with Crippen molar-refractivity contribution in [1.82, 2.24) is 15.1 Å². The van der Waals surface area contributed by atoms with Crippen LogP contribution in [0.25, 0.3) is 0 Å². The van der Waals surface area contributed by atoms with Crippen molar-refractivity contribution in [1.29, 1.82) is 0 Å². The first-order valence-electron chi connectivity index (χ1n) is 10.1. The normalized spacial score (nSPS) is 22.4. The van der Waals surface area contributed by atoms with Gasteiger partial charge in [-0.3, -0.25) is 9.89 Å². The molecule has 1 aromatic carbocycles. The topological polar surface area (TPSA) is 58.2 Å². The van der Waals surface area contributed by atoms with Gasteiger partial charge in [0.1, 0.15) is 5.75 Å². The van der Waals surface area contributed by atoms with Crippen molar-refractivity contribution in [2.24, 2.45) is 5.92 Å². The molecule has 1 amide bonds. The van der Waals surface area contributed by atoms with Crippen LogP contribution in [0.3, 0.4) is 0 Å². The number of nitrogens with zero attached hydrogens (tertiary/aromatic N) is 2. The molecular formula is C22H29N3O2. The average molecular weight is 367 g/mol. The van der Waals surface area contributed by atoms with Crippen molar-refractivity contribution in [3.63, 3.8) is 0 Å². The number of hydrogen-bond donors (Lipinski definition) is 1. The molecule has 1 saturated heterocycles. The number of amides is 1. The summed E-state index contributed by atoms with van der Waals surface area (Å²) in [6.45, 7) is 7.07. The van der Waals surface area contributed by atoms with Crippen LogP contribution in [0.5, 0.6) is 5.75 Å². The van der Waals surface area contributed by atoms with Gasteiger partial charge in [0.15, 0.2) is 0 Å². The van der Waals surface area contributed by atoms with Gasteiger partial charge in [0.2, 0.25) is 5.91 Å². The number of benzene rings is 1. The van der Waals surface area contributed by atoms with Crippen LogP contribution in [-0.2, 0) is 24.1 Å². The Morgan fingerprint density at radius 3 is 2.96 bits per heavy atom. The van der Waals surface area contributed by atoms with E-state index >= 15 is 0 Å². The summed E-state index contributed by atoms with van der Waals surface area (Å²) >= 11 is 0. The minimum Gasteiger partial charge on any atom is -0.491 e. The maximum atomic E-state index is 13.1. The molecule has 2 atom stereocenters. The first-order chi connectivity index (χ1) is 13.0. The first-order valence-corrected chi connectivity index (χ1v) is 10.1. The molecule has 27 heavy (non-hydrogen) atoms. The van der Waals surface area contributed by atoms with E-state index in [1.54, 1.807) is 0 Å². The molecule has 1 N–H and O–H groups in total. The third-order valence-corrected chi connectivity index (χ3v) is 5.93. The van der Waals surface area contributed by atoms with Gasteiger partial charge in [0, 0.05) is 24.2 Å². The van der Waals surface area contributed by atoms with E-state index in [0.29, 0.717) is 11.9 Å². The summed E-state index contributed by atoms with van der Waals surface area (Å²) in [6, 6.07) is 6.58. The van der Waals surface area contributed by atoms with E-state index < -0.39 is 0 Å². The smallest absolute Gasteiger partial charge is 0.226 e. The highest BCUT2D eigenvalue weighted by Crippen LogP contribution is 2.31. The largest absolute Gasteiger partial charge is 0.491 e. The Morgan fingerprint density at radius 1 is 1.33 bits per heavy atom. The molecule has 0 spiro atoms. The number of rotatable bonds is 5. The third-order valence-electron chi connectivity index (χ3n) is 5.93. The van der Waals surface area contributed by atoms with Crippen LogP contribution in [0, 0.1) is 12.8 Å². The standard InChI is InChI=1S/C22H29N3O2/c1-14(2)27-20-6-4-16(15(3)10-20)11-17-8-9-25(22(17)26)19-5-7-21-18(12-19)13-23-24-21/h4,6,10,13-14,17,19H,5,7-9,11-12H2,1-3H3,(H,23,24). The molecule has 2 unspecified atom stereocenters. The van der Waals surface area contributed by atoms with E-state index in [9.17, 15) is 4.79 Å². The number of carbonyl (C=O) groups excluding carboxylic acids is 1. The van der Waals surface area contributed by atoms with Crippen LogP contribution in [-0.4, -0.2) is 39.7 Å². The maximum Gasteiger partial charge on any atom is 0.226 e. The van der Waals surface area contributed by atoms with Crippen LogP contribution < -0.4 is 4.74 Å². The first kappa shape index (κ1) is 18.1. The Bertz CT molecular complexity index is 827. The Morgan fingerprint density at radius 2 is 2.19 bits per heavy atom. The fourth-order valence-corrected chi connectivity index (χ4v) is 4.49. The number of hydrogen-bond acceptors (Lipinski definition) is 3. The van der Waals surface area contributed by atoms with Crippen molar-refractivity contribution in [3.05, 3.63) is 46.8 Å². The zero-order valence-corrected chi connectivity index (χ0v) is 16.5. The van der Waals surface area contributed by atoms with Crippen LogP contribution in [0.4, 0.5) is 0 Å². The average Bonchev–Trinajstić information content (AvgIpc) is 3.23. The molecular weight excluding hydrogens is 338 g/mol. The van der Waals surface area contributed by atoms with Gasteiger partial charge < -0.3 is 9.64 Å². The van der Waals surface area contributed by atoms with Crippen LogP contribution >= 0.6 is 0 Å². The molecule has 1 aliphatic heterocycles. The molecule has 1 aromatic heterocycles. The number of fused-ring (bicyclic) bond motifs is 1. The molecule has 0 saturated carbocycles. The minimum absolute atomic E-state index is 0.103. The number of aromatic nitrogens is 2. The number of likely N-dealkylation sites (tertiary alicyclic amines) is 1. The maximum absolute atomic E-state index is 13.1. The van der Waals surface area contributed by atoms with Gasteiger partial charge in [0.05, 0.1) is 12.3 Å². The number of aromatic amines is 1. The molecule has 2 aromatic rings. The monoisotopic (exact) mass is 367 g/mol. The highest BCUT2D eigenvalue weighted by molar-refractivity contribution is 5.81. The summed E-state index contributed by atoms with van der Waals surface area (Å²) in [5.41, 5.74) is 4.99. The van der Waals surface area contributed by atoms with Crippen LogP contribution in [0.15, 0.2) is 24.4 Å². The Balaban J connectivity index is 1.41. The van der Waals surface area contributed by atoms with Gasteiger partial charge in [-0.25, -0.2) is 0 Å². The van der Waals surface area contributed by atoms with E-state index in [1.807, 2.05) is 26.1 Å². The fraction of sp³-hybridized carbons (Fsp3) is 0.545. The second-order valence-corrected chi connectivity index (χ2v) is 8.25. The Hall–Kier alpha value is -2.30. The van der Waals surface area contributed by atoms with Gasteiger partial charge in [-0.2, -0.15) is 5.10 Å². The Labute approximate surface area is 161 Å². The molecule has 0 bridgehead atoms. The van der Waals surface area contributed by atoms with Crippen molar-refractivity contribution in [3.8, 4) is 5.75 Å². The summed E-state index contributed by atoms with van der Waals surface area (Å²) in [5, 5.41) is 7.23. The number of nitrogens with one attached hydrogen (secondary N) is 1. The quantitative estimate of drug-likeness (QED) is 0.880. The summed E-state index contributed by atoms with van der Waals surface area (Å²) in [4.78, 5) is 15.2. The highest BCUT2D eigenvalue weighted by Gasteiger charge is 2.37. The van der Waals surface area contributed by atoms with E-state index in [1.165, 1.54) is 22.4 Å². The molecule has 144 valence electrons. The van der Waals surface area contributed by atoms with E-state index in [-0.39, 0.29) is 12.0 Å². The van der Waals surface area contributed by atoms with E-state index in [0.717, 1.165) is 44.4 Å². The fourth-order valence-electron chi connectivity index (χ4n) is 4.49. The summed E-state index contributed by atoms with van der Waals surface area (Å²) in [7, 11) is 0. The van der Waals surface area contributed by atoms with Crippen molar-refractivity contribution >= 4 is 5.91 Å². The molecule has 1 fully saturated rings. The van der Waals surface area contributed by atoms with Crippen molar-refractivity contribution in [2.45, 2.75) is 65.0 Å². The zero-order valence-electron chi connectivity index (χ0n) is 16.5. The summed E-state index contributed by atoms with van der Waals surface area (Å²) < 4.78 is 5.78. The lowest BCUT2D eigenvalue weighted by Gasteiger charge is -2.31. The van der Waals surface area contributed by atoms with Crippen LogP contribution in [0.1, 0.15) is 49.1 Å². The predicted molar refractivity (Wildman–Crippen MR) is 105 cm³/mol. The van der Waals surface area contributed by atoms with E-state index in [4.69, 9.17) is 4.74 Å².